The highest BCUT2D eigenvalue weighted by molar-refractivity contribution is 7.99. The van der Waals surface area contributed by atoms with Gasteiger partial charge in [-0.2, -0.15) is 0 Å². The van der Waals surface area contributed by atoms with Crippen molar-refractivity contribution in [2.75, 3.05) is 0 Å². The zero-order valence-corrected chi connectivity index (χ0v) is 19.9. The molecule has 2 N–H and O–H groups in total. The number of aryl methyl sites for hydroxylation is 1. The van der Waals surface area contributed by atoms with Crippen LogP contribution in [0.2, 0.25) is 0 Å². The monoisotopic (exact) mass is 482 g/mol. The second kappa shape index (κ2) is 10.8. The van der Waals surface area contributed by atoms with E-state index in [9.17, 15) is 14.0 Å². The molecular weight excluding hydrogens is 459 g/mol. The predicted molar refractivity (Wildman–Crippen MR) is 138 cm³/mol. The molecule has 0 atom stereocenters. The Morgan fingerprint density at radius 2 is 1.31 bits per heavy atom. The van der Waals surface area contributed by atoms with E-state index in [2.05, 4.69) is 17.4 Å². The lowest BCUT2D eigenvalue weighted by atomic mass is 10.00. The summed E-state index contributed by atoms with van der Waals surface area (Å²) in [4.78, 5) is 26.7. The van der Waals surface area contributed by atoms with Gasteiger partial charge in [0.25, 0.3) is 11.8 Å². The first-order valence-corrected chi connectivity index (χ1v) is 11.7. The first kappa shape index (κ1) is 24.0. The zero-order chi connectivity index (χ0) is 24.8. The molecule has 4 rings (SSSR count). The number of carbonyl (C=O) groups is 2. The molecule has 0 radical (unpaired) electrons. The summed E-state index contributed by atoms with van der Waals surface area (Å²) < 4.78 is 13.3. The fourth-order valence-corrected chi connectivity index (χ4v) is 4.52. The van der Waals surface area contributed by atoms with Crippen molar-refractivity contribution in [3.05, 3.63) is 137 Å². The third-order valence-electron chi connectivity index (χ3n) is 5.39. The standard InChI is InChI=1S/C29H23FN2O2S/c1-19-18-23(29(34)32-31-28(33)22-8-4-3-5-9-22)14-17-26(19)35-27-11-7-6-10-25(27)20(2)21-12-15-24(30)16-13-21/h3-18H,2H2,1H3,(H,31,33)(H,32,34). The van der Waals surface area contributed by atoms with E-state index in [0.717, 1.165) is 32.1 Å². The highest BCUT2D eigenvalue weighted by Crippen LogP contribution is 2.37. The molecule has 0 bridgehead atoms. The van der Waals surface area contributed by atoms with Gasteiger partial charge in [-0.25, -0.2) is 4.39 Å². The largest absolute Gasteiger partial charge is 0.269 e. The van der Waals surface area contributed by atoms with Gasteiger partial charge in [0, 0.05) is 20.9 Å². The van der Waals surface area contributed by atoms with Crippen molar-refractivity contribution >= 4 is 29.1 Å². The van der Waals surface area contributed by atoms with E-state index >= 15 is 0 Å². The molecule has 0 saturated heterocycles. The SMILES string of the molecule is C=C(c1ccc(F)cc1)c1ccccc1Sc1ccc(C(=O)NNC(=O)c2ccccc2)cc1C. The van der Waals surface area contributed by atoms with Crippen molar-refractivity contribution < 1.29 is 14.0 Å². The molecule has 6 heteroatoms. The Morgan fingerprint density at radius 1 is 0.714 bits per heavy atom. The number of amides is 2. The van der Waals surface area contributed by atoms with Crippen molar-refractivity contribution in [3.8, 4) is 0 Å². The summed E-state index contributed by atoms with van der Waals surface area (Å²) in [7, 11) is 0. The Bertz CT molecular complexity index is 1390. The maximum atomic E-state index is 13.3. The third kappa shape index (κ3) is 5.86. The van der Waals surface area contributed by atoms with Crippen molar-refractivity contribution in [1.82, 2.24) is 10.9 Å². The third-order valence-corrected chi connectivity index (χ3v) is 6.64. The Kier molecular flexibility index (Phi) is 7.43. The van der Waals surface area contributed by atoms with Crippen LogP contribution in [0.3, 0.4) is 0 Å². The van der Waals surface area contributed by atoms with Gasteiger partial charge in [-0.15, -0.1) is 0 Å². The first-order chi connectivity index (χ1) is 16.9. The van der Waals surface area contributed by atoms with Crippen molar-refractivity contribution in [2.24, 2.45) is 0 Å². The number of halogens is 1. The maximum Gasteiger partial charge on any atom is 0.269 e. The van der Waals surface area contributed by atoms with Crippen molar-refractivity contribution in [2.45, 2.75) is 16.7 Å². The zero-order valence-electron chi connectivity index (χ0n) is 19.0. The average molecular weight is 483 g/mol. The molecule has 0 fully saturated rings. The van der Waals surface area contributed by atoms with Gasteiger partial charge in [-0.1, -0.05) is 66.9 Å². The van der Waals surface area contributed by atoms with Crippen LogP contribution in [0, 0.1) is 12.7 Å². The second-order valence-corrected chi connectivity index (χ2v) is 8.92. The molecule has 2 amide bonds. The van der Waals surface area contributed by atoms with Gasteiger partial charge < -0.3 is 0 Å². The van der Waals surface area contributed by atoms with Crippen LogP contribution in [0.4, 0.5) is 4.39 Å². The molecule has 0 saturated carbocycles. The Hall–Kier alpha value is -4.16. The average Bonchev–Trinajstić information content (AvgIpc) is 2.89. The van der Waals surface area contributed by atoms with E-state index in [4.69, 9.17) is 0 Å². The highest BCUT2D eigenvalue weighted by atomic mass is 32.2. The van der Waals surface area contributed by atoms with E-state index < -0.39 is 5.91 Å². The lowest BCUT2D eigenvalue weighted by molar-refractivity contribution is 0.0846. The van der Waals surface area contributed by atoms with Crippen LogP contribution in [0.15, 0.2) is 113 Å². The molecule has 0 heterocycles. The molecule has 0 unspecified atom stereocenters. The smallest absolute Gasteiger partial charge is 0.267 e. The molecular formula is C29H23FN2O2S. The minimum Gasteiger partial charge on any atom is -0.267 e. The van der Waals surface area contributed by atoms with Crippen LogP contribution >= 0.6 is 11.8 Å². The molecule has 174 valence electrons. The van der Waals surface area contributed by atoms with Gasteiger partial charge in [-0.05, 0) is 77.7 Å². The van der Waals surface area contributed by atoms with Gasteiger partial charge in [0.15, 0.2) is 0 Å². The lowest BCUT2D eigenvalue weighted by Crippen LogP contribution is -2.41. The number of hydrogen-bond acceptors (Lipinski definition) is 3. The summed E-state index contributed by atoms with van der Waals surface area (Å²) in [6.45, 7) is 6.15. The van der Waals surface area contributed by atoms with Crippen LogP contribution in [0.5, 0.6) is 0 Å². The highest BCUT2D eigenvalue weighted by Gasteiger charge is 2.13. The number of benzene rings is 4. The topological polar surface area (TPSA) is 58.2 Å². The molecule has 0 spiro atoms. The quantitative estimate of drug-likeness (QED) is 0.312. The molecule has 35 heavy (non-hydrogen) atoms. The second-order valence-electron chi connectivity index (χ2n) is 7.84. The fraction of sp³-hybridized carbons (Fsp3) is 0.0345. The van der Waals surface area contributed by atoms with Crippen molar-refractivity contribution in [1.29, 1.82) is 0 Å². The van der Waals surface area contributed by atoms with Crippen LogP contribution in [-0.2, 0) is 0 Å². The van der Waals surface area contributed by atoms with E-state index in [1.54, 1.807) is 60.3 Å². The van der Waals surface area contributed by atoms with Crippen molar-refractivity contribution in [3.63, 3.8) is 0 Å². The molecule has 4 aromatic carbocycles. The molecule has 4 nitrogen and oxygen atoms in total. The van der Waals surface area contributed by atoms with E-state index in [0.29, 0.717) is 11.1 Å². The predicted octanol–water partition coefficient (Wildman–Crippen LogP) is 6.42. The summed E-state index contributed by atoms with van der Waals surface area (Å²) in [5.74, 6) is -1.08. The van der Waals surface area contributed by atoms with Crippen LogP contribution in [0.1, 0.15) is 37.4 Å². The molecule has 0 aliphatic carbocycles. The Morgan fingerprint density at radius 3 is 2.00 bits per heavy atom. The first-order valence-electron chi connectivity index (χ1n) is 10.9. The number of rotatable bonds is 6. The van der Waals surface area contributed by atoms with Crippen LogP contribution in [-0.4, -0.2) is 11.8 Å². The van der Waals surface area contributed by atoms with Crippen LogP contribution < -0.4 is 10.9 Å². The van der Waals surface area contributed by atoms with E-state index in [-0.39, 0.29) is 11.7 Å². The molecule has 4 aromatic rings. The number of carbonyl (C=O) groups excluding carboxylic acids is 2. The van der Waals surface area contributed by atoms with Gasteiger partial charge >= 0.3 is 0 Å². The minimum absolute atomic E-state index is 0.288. The summed E-state index contributed by atoms with van der Waals surface area (Å²) in [6.07, 6.45) is 0. The fourth-order valence-electron chi connectivity index (χ4n) is 3.48. The lowest BCUT2D eigenvalue weighted by Gasteiger charge is -2.14. The van der Waals surface area contributed by atoms with Gasteiger partial charge in [-0.3, -0.25) is 20.4 Å². The summed E-state index contributed by atoms with van der Waals surface area (Å²) in [6, 6.07) is 28.2. The number of hydrogen-bond donors (Lipinski definition) is 2. The minimum atomic E-state index is -0.404. The summed E-state index contributed by atoms with van der Waals surface area (Å²) in [5.41, 5.74) is 9.30. The van der Waals surface area contributed by atoms with Crippen LogP contribution in [0.25, 0.3) is 5.57 Å². The van der Waals surface area contributed by atoms with E-state index in [1.165, 1.54) is 12.1 Å². The van der Waals surface area contributed by atoms with E-state index in [1.807, 2.05) is 43.3 Å². The molecule has 0 aromatic heterocycles. The van der Waals surface area contributed by atoms with Gasteiger partial charge in [0.1, 0.15) is 5.82 Å². The Labute approximate surface area is 207 Å². The van der Waals surface area contributed by atoms with Gasteiger partial charge in [0.2, 0.25) is 0 Å². The van der Waals surface area contributed by atoms with Gasteiger partial charge in [0.05, 0.1) is 0 Å². The molecule has 0 aliphatic heterocycles. The summed E-state index contributed by atoms with van der Waals surface area (Å²) >= 11 is 1.57. The maximum absolute atomic E-state index is 13.3. The molecule has 0 aliphatic rings. The number of nitrogens with one attached hydrogen (secondary N) is 2. The Balaban J connectivity index is 1.47. The number of hydrazine groups is 1. The summed E-state index contributed by atoms with van der Waals surface area (Å²) in [5, 5.41) is 0. The normalized spacial score (nSPS) is 10.5.